The van der Waals surface area contributed by atoms with Crippen molar-refractivity contribution in [2.24, 2.45) is 11.8 Å². The summed E-state index contributed by atoms with van der Waals surface area (Å²) in [6.07, 6.45) is 11.3. The van der Waals surface area contributed by atoms with E-state index in [0.717, 1.165) is 69.5 Å². The molecule has 3 heterocycles. The van der Waals surface area contributed by atoms with Gasteiger partial charge in [-0.25, -0.2) is 4.98 Å². The molecule has 1 N–H and O–H groups in total. The topological polar surface area (TPSA) is 57.7 Å². The van der Waals surface area contributed by atoms with Gasteiger partial charge in [-0.3, -0.25) is 9.69 Å². The molecule has 0 unspecified atom stereocenters. The number of carbonyl (C=O) groups is 1. The molecule has 5 rings (SSSR count). The zero-order valence-corrected chi connectivity index (χ0v) is 17.4. The number of hydrogen-bond acceptors (Lipinski definition) is 5. The van der Waals surface area contributed by atoms with E-state index in [9.17, 15) is 4.79 Å². The summed E-state index contributed by atoms with van der Waals surface area (Å²) in [6.45, 7) is 6.28. The number of nitrogens with zero attached hydrogens (tertiary/aromatic N) is 3. The highest BCUT2D eigenvalue weighted by atomic mass is 16.5. The number of fused-ring (bicyclic) bond motifs is 1. The summed E-state index contributed by atoms with van der Waals surface area (Å²) < 4.78 is 5.84. The lowest BCUT2D eigenvalue weighted by atomic mass is 9.84. The molecule has 0 atom stereocenters. The molecule has 29 heavy (non-hydrogen) atoms. The van der Waals surface area contributed by atoms with Crippen LogP contribution in [0.5, 0.6) is 5.75 Å². The number of piperazine rings is 1. The number of rotatable bonds is 6. The Kier molecular flexibility index (Phi) is 5.62. The van der Waals surface area contributed by atoms with Crippen LogP contribution in [-0.4, -0.2) is 61.2 Å². The van der Waals surface area contributed by atoms with Crippen LogP contribution < -0.4 is 15.0 Å². The first-order chi connectivity index (χ1) is 14.3. The molecule has 0 bridgehead atoms. The van der Waals surface area contributed by atoms with Crippen molar-refractivity contribution in [3.8, 4) is 5.75 Å². The molecule has 1 saturated heterocycles. The molecule has 2 aliphatic heterocycles. The molecular weight excluding hydrogens is 364 g/mol. The van der Waals surface area contributed by atoms with E-state index in [-0.39, 0.29) is 0 Å². The quantitative estimate of drug-likeness (QED) is 0.798. The second-order valence-electron chi connectivity index (χ2n) is 9.34. The first-order valence-electron chi connectivity index (χ1n) is 11.6. The largest absolute Gasteiger partial charge is 0.489 e. The van der Waals surface area contributed by atoms with Crippen LogP contribution in [0.15, 0.2) is 12.3 Å². The van der Waals surface area contributed by atoms with Crippen LogP contribution in [0.25, 0.3) is 0 Å². The van der Waals surface area contributed by atoms with E-state index < -0.39 is 0 Å². The number of pyridine rings is 1. The minimum atomic E-state index is 0.315. The number of ether oxygens (including phenoxy) is 1. The fraction of sp³-hybridized carbons (Fsp3) is 0.739. The molecule has 158 valence electrons. The van der Waals surface area contributed by atoms with E-state index in [1.165, 1.54) is 44.2 Å². The molecule has 6 heteroatoms. The Bertz CT molecular complexity index is 720. The van der Waals surface area contributed by atoms with Crippen molar-refractivity contribution in [2.75, 3.05) is 44.2 Å². The van der Waals surface area contributed by atoms with Crippen LogP contribution >= 0.6 is 0 Å². The van der Waals surface area contributed by atoms with Gasteiger partial charge in [0.05, 0.1) is 6.61 Å². The van der Waals surface area contributed by atoms with E-state index in [4.69, 9.17) is 4.74 Å². The van der Waals surface area contributed by atoms with Gasteiger partial charge in [0.1, 0.15) is 0 Å². The highest BCUT2D eigenvalue weighted by Gasteiger charge is 2.32. The van der Waals surface area contributed by atoms with Gasteiger partial charge in [0.25, 0.3) is 0 Å². The molecule has 0 radical (unpaired) electrons. The van der Waals surface area contributed by atoms with E-state index in [2.05, 4.69) is 26.2 Å². The third-order valence-corrected chi connectivity index (χ3v) is 7.25. The average molecular weight is 399 g/mol. The van der Waals surface area contributed by atoms with Crippen LogP contribution in [0, 0.1) is 11.8 Å². The number of amides is 1. The van der Waals surface area contributed by atoms with E-state index >= 15 is 0 Å². The normalized spacial score (nSPS) is 27.4. The highest BCUT2D eigenvalue weighted by molar-refractivity contribution is 5.81. The molecule has 1 amide bonds. The molecule has 1 aromatic rings. The predicted octanol–water partition coefficient (Wildman–Crippen LogP) is 2.61. The van der Waals surface area contributed by atoms with Crippen molar-refractivity contribution in [2.45, 2.75) is 57.4 Å². The Labute approximate surface area is 174 Å². The van der Waals surface area contributed by atoms with Crippen molar-refractivity contribution >= 4 is 11.7 Å². The lowest BCUT2D eigenvalue weighted by Gasteiger charge is -2.37. The van der Waals surface area contributed by atoms with Crippen molar-refractivity contribution in [1.29, 1.82) is 0 Å². The number of aromatic nitrogens is 1. The van der Waals surface area contributed by atoms with Crippen molar-refractivity contribution in [3.63, 3.8) is 0 Å². The van der Waals surface area contributed by atoms with E-state index in [1.807, 2.05) is 6.20 Å². The van der Waals surface area contributed by atoms with Crippen molar-refractivity contribution < 1.29 is 9.53 Å². The average Bonchev–Trinajstić information content (AvgIpc) is 3.50. The maximum Gasteiger partial charge on any atom is 0.223 e. The lowest BCUT2D eigenvalue weighted by molar-refractivity contribution is -0.123. The minimum Gasteiger partial charge on any atom is -0.489 e. The van der Waals surface area contributed by atoms with Gasteiger partial charge in [-0.2, -0.15) is 0 Å². The lowest BCUT2D eigenvalue weighted by Crippen LogP contribution is -2.47. The number of hydrogen-bond donors (Lipinski definition) is 1. The van der Waals surface area contributed by atoms with Gasteiger partial charge in [0.2, 0.25) is 5.91 Å². The second kappa shape index (κ2) is 8.50. The number of nitrogens with one attached hydrogen (secondary N) is 1. The summed E-state index contributed by atoms with van der Waals surface area (Å²) in [7, 11) is 0. The van der Waals surface area contributed by atoms with Gasteiger partial charge < -0.3 is 15.0 Å². The summed E-state index contributed by atoms with van der Waals surface area (Å²) in [5, 5.41) is 3.27. The Balaban J connectivity index is 1.03. The summed E-state index contributed by atoms with van der Waals surface area (Å²) in [6, 6.07) is 2.53. The van der Waals surface area contributed by atoms with E-state index in [1.54, 1.807) is 0 Å². The first kappa shape index (κ1) is 19.2. The fourth-order valence-corrected chi connectivity index (χ4v) is 5.13. The predicted molar refractivity (Wildman–Crippen MR) is 113 cm³/mol. The van der Waals surface area contributed by atoms with Gasteiger partial charge >= 0.3 is 0 Å². The van der Waals surface area contributed by atoms with Crippen LogP contribution in [0.2, 0.25) is 0 Å². The molecule has 2 aliphatic carbocycles. The third kappa shape index (κ3) is 4.52. The monoisotopic (exact) mass is 398 g/mol. The molecule has 3 fully saturated rings. The maximum absolute atomic E-state index is 11.9. The highest BCUT2D eigenvalue weighted by Crippen LogP contribution is 2.35. The first-order valence-corrected chi connectivity index (χ1v) is 11.6. The van der Waals surface area contributed by atoms with Crippen molar-refractivity contribution in [1.82, 2.24) is 15.2 Å². The standard InChI is InChI=1S/C23H34N4O2/c28-23(19-3-4-19)25-20-5-1-17(2-6-20)8-11-26-12-14-27(15-13-26)22-21-18(7-10-24-22)9-16-29-21/h7,10,17,19-20H,1-6,8-9,11-16H2,(H,25,28). The summed E-state index contributed by atoms with van der Waals surface area (Å²) in [5.41, 5.74) is 1.31. The Morgan fingerprint density at radius 1 is 1.10 bits per heavy atom. The minimum absolute atomic E-state index is 0.315. The van der Waals surface area contributed by atoms with Crippen molar-refractivity contribution in [3.05, 3.63) is 17.8 Å². The summed E-state index contributed by atoms with van der Waals surface area (Å²) in [4.78, 5) is 21.6. The molecule has 6 nitrogen and oxygen atoms in total. The number of carbonyl (C=O) groups excluding carboxylic acids is 1. The van der Waals surface area contributed by atoms with Crippen LogP contribution in [0.3, 0.4) is 0 Å². The van der Waals surface area contributed by atoms with Crippen LogP contribution in [-0.2, 0) is 11.2 Å². The molecule has 0 spiro atoms. The van der Waals surface area contributed by atoms with Gasteiger partial charge in [-0.1, -0.05) is 0 Å². The third-order valence-electron chi connectivity index (χ3n) is 7.25. The zero-order valence-electron chi connectivity index (χ0n) is 17.4. The molecule has 2 saturated carbocycles. The van der Waals surface area contributed by atoms with Crippen LogP contribution in [0.1, 0.15) is 50.5 Å². The van der Waals surface area contributed by atoms with Crippen LogP contribution in [0.4, 0.5) is 5.82 Å². The molecular formula is C23H34N4O2. The van der Waals surface area contributed by atoms with Gasteiger partial charge in [-0.05, 0) is 63.5 Å². The fourth-order valence-electron chi connectivity index (χ4n) is 5.13. The molecule has 4 aliphatic rings. The number of anilines is 1. The Hall–Kier alpha value is -1.82. The SMILES string of the molecule is O=C(NC1CCC(CCN2CCN(c3nccc4c3OCC4)CC2)CC1)C1CC1. The zero-order chi connectivity index (χ0) is 19.6. The molecule has 1 aromatic heterocycles. The van der Waals surface area contributed by atoms with Gasteiger partial charge in [0.15, 0.2) is 11.6 Å². The summed E-state index contributed by atoms with van der Waals surface area (Å²) in [5.74, 6) is 3.55. The smallest absolute Gasteiger partial charge is 0.223 e. The summed E-state index contributed by atoms with van der Waals surface area (Å²) >= 11 is 0. The molecule has 0 aromatic carbocycles. The van der Waals surface area contributed by atoms with E-state index in [0.29, 0.717) is 17.9 Å². The maximum atomic E-state index is 11.9. The van der Waals surface area contributed by atoms with Gasteiger partial charge in [0, 0.05) is 56.3 Å². The Morgan fingerprint density at radius 3 is 2.66 bits per heavy atom. The Morgan fingerprint density at radius 2 is 1.90 bits per heavy atom. The second-order valence-corrected chi connectivity index (χ2v) is 9.34. The van der Waals surface area contributed by atoms with Gasteiger partial charge in [-0.15, -0.1) is 0 Å².